The number of benzene rings is 1. The molecule has 10 heteroatoms. The van der Waals surface area contributed by atoms with Gasteiger partial charge in [0.25, 0.3) is 0 Å². The zero-order valence-corrected chi connectivity index (χ0v) is 17.9. The van der Waals surface area contributed by atoms with Crippen LogP contribution in [-0.4, -0.2) is 49.9 Å². The van der Waals surface area contributed by atoms with Crippen LogP contribution in [0.5, 0.6) is 0 Å². The Hall–Kier alpha value is -3.66. The number of aromatic nitrogens is 4. The number of nitrogens with zero attached hydrogens (tertiary/aromatic N) is 5. The van der Waals surface area contributed by atoms with Crippen LogP contribution in [0.15, 0.2) is 42.9 Å². The molecule has 3 heterocycles. The minimum atomic E-state index is -0.773. The average Bonchev–Trinajstić information content (AvgIpc) is 3.18. The SMILES string of the molecule is Cc1cc(-c2cnc([C@H](C)Nc3nccc(N4C(=O)OCC4[C@@H](C)O)n3)cn2)ccc1F. The second-order valence-electron chi connectivity index (χ2n) is 7.65. The van der Waals surface area contributed by atoms with E-state index in [0.717, 1.165) is 5.56 Å². The van der Waals surface area contributed by atoms with Gasteiger partial charge in [-0.05, 0) is 50.6 Å². The van der Waals surface area contributed by atoms with E-state index in [2.05, 4.69) is 25.3 Å². The van der Waals surface area contributed by atoms with Gasteiger partial charge in [-0.25, -0.2) is 14.2 Å². The Morgan fingerprint density at radius 1 is 1.22 bits per heavy atom. The Morgan fingerprint density at radius 3 is 2.72 bits per heavy atom. The number of cyclic esters (lactones) is 1. The van der Waals surface area contributed by atoms with E-state index in [0.29, 0.717) is 28.7 Å². The lowest BCUT2D eigenvalue weighted by atomic mass is 10.1. The molecular formula is C22H23FN6O3. The molecule has 1 fully saturated rings. The van der Waals surface area contributed by atoms with Crippen molar-refractivity contribution in [2.75, 3.05) is 16.8 Å². The zero-order valence-electron chi connectivity index (χ0n) is 17.9. The van der Waals surface area contributed by atoms with Crippen molar-refractivity contribution in [1.29, 1.82) is 0 Å². The molecule has 166 valence electrons. The molecule has 0 spiro atoms. The molecule has 4 rings (SSSR count). The fourth-order valence-corrected chi connectivity index (χ4v) is 3.39. The lowest BCUT2D eigenvalue weighted by molar-refractivity contribution is 0.142. The number of amides is 1. The molecule has 0 aliphatic carbocycles. The van der Waals surface area contributed by atoms with Crippen LogP contribution in [0.4, 0.5) is 21.0 Å². The first-order valence-corrected chi connectivity index (χ1v) is 10.2. The topological polar surface area (TPSA) is 113 Å². The molecule has 1 amide bonds. The predicted molar refractivity (Wildman–Crippen MR) is 116 cm³/mol. The third-order valence-electron chi connectivity index (χ3n) is 5.27. The molecule has 1 aromatic carbocycles. The molecule has 1 aliphatic heterocycles. The Bertz CT molecular complexity index is 1120. The number of aliphatic hydroxyl groups excluding tert-OH is 1. The summed E-state index contributed by atoms with van der Waals surface area (Å²) < 4.78 is 18.6. The largest absolute Gasteiger partial charge is 0.447 e. The summed E-state index contributed by atoms with van der Waals surface area (Å²) in [6.45, 7) is 5.27. The van der Waals surface area contributed by atoms with Gasteiger partial charge in [-0.2, -0.15) is 4.98 Å². The van der Waals surface area contributed by atoms with E-state index < -0.39 is 18.2 Å². The molecule has 1 saturated heterocycles. The Kier molecular flexibility index (Phi) is 5.95. The van der Waals surface area contributed by atoms with Crippen molar-refractivity contribution in [3.05, 3.63) is 59.9 Å². The summed E-state index contributed by atoms with van der Waals surface area (Å²) in [6, 6.07) is 5.58. The standard InChI is InChI=1S/C22H23FN6O3/c1-12-8-15(4-5-16(12)23)18-10-25-17(9-26-18)13(2)27-21-24-7-6-20(28-21)29-19(14(3)30)11-32-22(29)31/h4-10,13-14,19,30H,11H2,1-3H3,(H,24,27,28)/t13-,14+,19?/m0/s1. The number of anilines is 2. The number of halogens is 1. The smallest absolute Gasteiger partial charge is 0.416 e. The van der Waals surface area contributed by atoms with Crippen LogP contribution >= 0.6 is 0 Å². The molecule has 2 N–H and O–H groups in total. The normalized spacial score (nSPS) is 17.7. The number of ether oxygens (including phenoxy) is 1. The van der Waals surface area contributed by atoms with Gasteiger partial charge in [-0.1, -0.05) is 0 Å². The van der Waals surface area contributed by atoms with Crippen LogP contribution in [0.3, 0.4) is 0 Å². The molecule has 3 atom stereocenters. The van der Waals surface area contributed by atoms with Crippen LogP contribution < -0.4 is 10.2 Å². The van der Waals surface area contributed by atoms with E-state index in [-0.39, 0.29) is 18.5 Å². The molecular weight excluding hydrogens is 415 g/mol. The maximum Gasteiger partial charge on any atom is 0.416 e. The summed E-state index contributed by atoms with van der Waals surface area (Å²) in [6.07, 6.45) is 3.45. The predicted octanol–water partition coefficient (Wildman–Crippen LogP) is 3.26. The van der Waals surface area contributed by atoms with E-state index >= 15 is 0 Å². The van der Waals surface area contributed by atoms with Gasteiger partial charge < -0.3 is 15.2 Å². The fourth-order valence-electron chi connectivity index (χ4n) is 3.39. The van der Waals surface area contributed by atoms with Crippen molar-refractivity contribution in [1.82, 2.24) is 19.9 Å². The number of carbonyl (C=O) groups is 1. The first-order chi connectivity index (χ1) is 15.3. The highest BCUT2D eigenvalue weighted by Gasteiger charge is 2.38. The number of carbonyl (C=O) groups excluding carboxylic acids is 1. The number of aryl methyl sites for hydroxylation is 1. The average molecular weight is 438 g/mol. The number of aliphatic hydroxyl groups is 1. The third-order valence-corrected chi connectivity index (χ3v) is 5.27. The molecule has 0 bridgehead atoms. The molecule has 0 saturated carbocycles. The maximum atomic E-state index is 13.5. The summed E-state index contributed by atoms with van der Waals surface area (Å²) in [5, 5.41) is 13.1. The highest BCUT2D eigenvalue weighted by atomic mass is 19.1. The van der Waals surface area contributed by atoms with Gasteiger partial charge in [0.2, 0.25) is 5.95 Å². The van der Waals surface area contributed by atoms with Gasteiger partial charge in [-0.3, -0.25) is 14.9 Å². The summed E-state index contributed by atoms with van der Waals surface area (Å²) >= 11 is 0. The zero-order chi connectivity index (χ0) is 22.8. The Morgan fingerprint density at radius 2 is 2.03 bits per heavy atom. The lowest BCUT2D eigenvalue weighted by Crippen LogP contribution is -2.41. The van der Waals surface area contributed by atoms with Crippen LogP contribution in [0.2, 0.25) is 0 Å². The van der Waals surface area contributed by atoms with Gasteiger partial charge in [0.1, 0.15) is 24.3 Å². The maximum absolute atomic E-state index is 13.5. The quantitative estimate of drug-likeness (QED) is 0.603. The Balaban J connectivity index is 1.49. The number of hydrogen-bond donors (Lipinski definition) is 2. The highest BCUT2D eigenvalue weighted by Crippen LogP contribution is 2.25. The van der Waals surface area contributed by atoms with E-state index in [9.17, 15) is 14.3 Å². The molecule has 0 radical (unpaired) electrons. The number of hydrogen-bond acceptors (Lipinski definition) is 8. The minimum Gasteiger partial charge on any atom is -0.447 e. The highest BCUT2D eigenvalue weighted by molar-refractivity contribution is 5.89. The van der Waals surface area contributed by atoms with E-state index in [1.807, 2.05) is 6.92 Å². The molecule has 1 unspecified atom stereocenters. The third kappa shape index (κ3) is 4.35. The number of nitrogens with one attached hydrogen (secondary N) is 1. The van der Waals surface area contributed by atoms with Crippen LogP contribution in [0.25, 0.3) is 11.3 Å². The Labute approximate surface area is 184 Å². The first-order valence-electron chi connectivity index (χ1n) is 10.2. The van der Waals surface area contributed by atoms with E-state index in [1.54, 1.807) is 44.4 Å². The summed E-state index contributed by atoms with van der Waals surface area (Å²) in [4.78, 5) is 30.9. The van der Waals surface area contributed by atoms with Crippen molar-refractivity contribution in [2.24, 2.45) is 0 Å². The monoisotopic (exact) mass is 438 g/mol. The second kappa shape index (κ2) is 8.83. The van der Waals surface area contributed by atoms with Gasteiger partial charge in [0, 0.05) is 11.8 Å². The summed E-state index contributed by atoms with van der Waals surface area (Å²) in [7, 11) is 0. The van der Waals surface area contributed by atoms with Crippen LogP contribution in [-0.2, 0) is 4.74 Å². The van der Waals surface area contributed by atoms with Crippen molar-refractivity contribution in [2.45, 2.75) is 39.0 Å². The molecule has 2 aromatic heterocycles. The van der Waals surface area contributed by atoms with Crippen molar-refractivity contribution < 1.29 is 19.0 Å². The van der Waals surface area contributed by atoms with Crippen molar-refractivity contribution in [3.8, 4) is 11.3 Å². The summed E-state index contributed by atoms with van der Waals surface area (Å²) in [5.74, 6) is 0.357. The van der Waals surface area contributed by atoms with Crippen molar-refractivity contribution >= 4 is 17.9 Å². The van der Waals surface area contributed by atoms with Gasteiger partial charge >= 0.3 is 6.09 Å². The van der Waals surface area contributed by atoms with Crippen LogP contribution in [0.1, 0.15) is 31.1 Å². The van der Waals surface area contributed by atoms with Gasteiger partial charge in [0.05, 0.1) is 35.9 Å². The molecule has 9 nitrogen and oxygen atoms in total. The first kappa shape index (κ1) is 21.6. The second-order valence-corrected chi connectivity index (χ2v) is 7.65. The minimum absolute atomic E-state index is 0.0924. The summed E-state index contributed by atoms with van der Waals surface area (Å²) in [5.41, 5.74) is 2.62. The van der Waals surface area contributed by atoms with Crippen LogP contribution in [0, 0.1) is 12.7 Å². The van der Waals surface area contributed by atoms with E-state index in [4.69, 9.17) is 4.74 Å². The van der Waals surface area contributed by atoms with E-state index in [1.165, 1.54) is 17.2 Å². The molecule has 32 heavy (non-hydrogen) atoms. The van der Waals surface area contributed by atoms with Gasteiger partial charge in [-0.15, -0.1) is 0 Å². The molecule has 3 aromatic rings. The van der Waals surface area contributed by atoms with Gasteiger partial charge in [0.15, 0.2) is 0 Å². The molecule has 1 aliphatic rings. The fraction of sp³-hybridized carbons (Fsp3) is 0.318. The lowest BCUT2D eigenvalue weighted by Gasteiger charge is -2.23. The number of rotatable bonds is 6. The van der Waals surface area contributed by atoms with Crippen molar-refractivity contribution in [3.63, 3.8) is 0 Å².